The van der Waals surface area contributed by atoms with Gasteiger partial charge in [-0.25, -0.2) is 4.79 Å². The van der Waals surface area contributed by atoms with Gasteiger partial charge in [0.2, 0.25) is 0 Å². The van der Waals surface area contributed by atoms with E-state index < -0.39 is 13.6 Å². The maximum atomic E-state index is 12.0. The molecule has 0 bridgehead atoms. The number of aromatic hydroxyl groups is 1. The number of hydrogen-bond acceptors (Lipinski definition) is 4. The minimum absolute atomic E-state index is 0.0307. The number of carbonyl (C=O) groups excluding carboxylic acids is 1. The number of phenols is 1. The molecule has 6 nitrogen and oxygen atoms in total. The molecule has 1 aliphatic heterocycles. The predicted octanol–water partition coefficient (Wildman–Crippen LogP) is 4.16. The van der Waals surface area contributed by atoms with Crippen LogP contribution in [0.4, 0.5) is 0 Å². The number of cyclic esters (lactones) is 1. The smallest absolute Gasteiger partial charge is 0.342 e. The van der Waals surface area contributed by atoms with Gasteiger partial charge in [0, 0.05) is 17.3 Å². The van der Waals surface area contributed by atoms with E-state index in [-0.39, 0.29) is 18.5 Å². The summed E-state index contributed by atoms with van der Waals surface area (Å²) in [6.07, 6.45) is 6.07. The molecule has 0 saturated heterocycles. The van der Waals surface area contributed by atoms with E-state index in [0.29, 0.717) is 24.8 Å². The summed E-state index contributed by atoms with van der Waals surface area (Å²) in [5.41, 5.74) is 5.11. The molecule has 1 aromatic rings. The van der Waals surface area contributed by atoms with E-state index in [1.165, 1.54) is 5.57 Å². The van der Waals surface area contributed by atoms with Gasteiger partial charge in [-0.05, 0) is 56.6 Å². The lowest BCUT2D eigenvalue weighted by Gasteiger charge is -2.16. The SMILES string of the molecule is CC/C(=C\Cc1c(O)c2c(c(C)c1CC)COC2=O)CCCCP(=O)(O)O. The lowest BCUT2D eigenvalue weighted by Crippen LogP contribution is -2.04. The molecule has 0 aliphatic carbocycles. The van der Waals surface area contributed by atoms with Gasteiger partial charge >= 0.3 is 13.6 Å². The van der Waals surface area contributed by atoms with E-state index in [2.05, 4.69) is 6.08 Å². The molecular weight excluding hydrogens is 367 g/mol. The summed E-state index contributed by atoms with van der Waals surface area (Å²) in [7, 11) is -3.93. The van der Waals surface area contributed by atoms with E-state index >= 15 is 0 Å². The van der Waals surface area contributed by atoms with Gasteiger partial charge in [-0.2, -0.15) is 0 Å². The van der Waals surface area contributed by atoms with Crippen molar-refractivity contribution in [2.24, 2.45) is 0 Å². The standard InChI is InChI=1S/C20H29O6P/c1-4-14(8-6-7-11-27(23,24)25)9-10-16-15(5-2)13(3)17-12-26-20(22)18(17)19(16)21/h9,21H,4-8,10-12H2,1-3H3,(H2,23,24,25)/b14-9+. The molecule has 0 spiro atoms. The van der Waals surface area contributed by atoms with Crippen molar-refractivity contribution in [3.05, 3.63) is 39.5 Å². The highest BCUT2D eigenvalue weighted by Gasteiger charge is 2.30. The van der Waals surface area contributed by atoms with Crippen molar-refractivity contribution in [2.75, 3.05) is 6.16 Å². The van der Waals surface area contributed by atoms with Crippen LogP contribution in [0.5, 0.6) is 5.75 Å². The predicted molar refractivity (Wildman–Crippen MR) is 104 cm³/mol. The Morgan fingerprint density at radius 2 is 1.93 bits per heavy atom. The number of benzene rings is 1. The Bertz CT molecular complexity index is 790. The van der Waals surface area contributed by atoms with Crippen LogP contribution in [0.1, 0.15) is 72.1 Å². The first-order valence-corrected chi connectivity index (χ1v) is 11.2. The maximum Gasteiger partial charge on any atom is 0.342 e. The van der Waals surface area contributed by atoms with Crippen molar-refractivity contribution in [1.29, 1.82) is 0 Å². The number of carbonyl (C=O) groups is 1. The fraction of sp³-hybridized carbons (Fsp3) is 0.550. The van der Waals surface area contributed by atoms with Crippen molar-refractivity contribution in [3.63, 3.8) is 0 Å². The zero-order valence-electron chi connectivity index (χ0n) is 16.2. The average Bonchev–Trinajstić information content (AvgIpc) is 2.99. The number of rotatable bonds is 9. The van der Waals surface area contributed by atoms with Crippen LogP contribution in [0.25, 0.3) is 0 Å². The molecule has 1 heterocycles. The zero-order valence-corrected chi connectivity index (χ0v) is 17.1. The van der Waals surface area contributed by atoms with Gasteiger partial charge in [0.05, 0.1) is 0 Å². The number of fused-ring (bicyclic) bond motifs is 1. The summed E-state index contributed by atoms with van der Waals surface area (Å²) in [5, 5.41) is 10.7. The van der Waals surface area contributed by atoms with Gasteiger partial charge in [-0.1, -0.05) is 25.5 Å². The molecule has 0 radical (unpaired) electrons. The summed E-state index contributed by atoms with van der Waals surface area (Å²) < 4.78 is 16.0. The topological polar surface area (TPSA) is 104 Å². The van der Waals surface area contributed by atoms with E-state index in [0.717, 1.165) is 41.5 Å². The van der Waals surface area contributed by atoms with Crippen LogP contribution in [0.3, 0.4) is 0 Å². The lowest BCUT2D eigenvalue weighted by molar-refractivity contribution is 0.0533. The van der Waals surface area contributed by atoms with Crippen LogP contribution < -0.4 is 0 Å². The normalized spacial score (nSPS) is 14.4. The fourth-order valence-corrected chi connectivity index (χ4v) is 4.32. The molecule has 0 atom stereocenters. The van der Waals surface area contributed by atoms with Crippen LogP contribution in [0, 0.1) is 6.92 Å². The summed E-state index contributed by atoms with van der Waals surface area (Å²) >= 11 is 0. The number of phenolic OH excluding ortho intramolecular Hbond substituents is 1. The zero-order chi connectivity index (χ0) is 20.2. The van der Waals surface area contributed by atoms with Crippen LogP contribution in [0.15, 0.2) is 11.6 Å². The molecule has 1 aliphatic rings. The third-order valence-electron chi connectivity index (χ3n) is 5.25. The monoisotopic (exact) mass is 396 g/mol. The molecule has 0 unspecified atom stereocenters. The molecule has 0 amide bonds. The molecule has 150 valence electrons. The fourth-order valence-electron chi connectivity index (χ4n) is 3.68. The van der Waals surface area contributed by atoms with E-state index in [1.807, 2.05) is 20.8 Å². The Morgan fingerprint density at radius 3 is 2.52 bits per heavy atom. The highest BCUT2D eigenvalue weighted by atomic mass is 31.2. The van der Waals surface area contributed by atoms with Gasteiger partial charge in [-0.3, -0.25) is 4.57 Å². The van der Waals surface area contributed by atoms with Crippen molar-refractivity contribution in [3.8, 4) is 5.75 Å². The third-order valence-corrected chi connectivity index (χ3v) is 6.14. The Morgan fingerprint density at radius 1 is 1.22 bits per heavy atom. The van der Waals surface area contributed by atoms with Crippen molar-refractivity contribution in [2.45, 2.75) is 65.9 Å². The largest absolute Gasteiger partial charge is 0.507 e. The molecule has 0 saturated carbocycles. The highest BCUT2D eigenvalue weighted by Crippen LogP contribution is 2.38. The molecule has 1 aromatic carbocycles. The second-order valence-electron chi connectivity index (χ2n) is 6.98. The molecule has 0 aromatic heterocycles. The van der Waals surface area contributed by atoms with Crippen LogP contribution in [-0.2, 0) is 28.8 Å². The molecule has 3 N–H and O–H groups in total. The third kappa shape index (κ3) is 5.22. The molecule has 7 heteroatoms. The van der Waals surface area contributed by atoms with Crippen molar-refractivity contribution >= 4 is 13.6 Å². The Labute approximate surface area is 160 Å². The lowest BCUT2D eigenvalue weighted by atomic mass is 9.88. The first-order chi connectivity index (χ1) is 12.7. The van der Waals surface area contributed by atoms with Crippen molar-refractivity contribution in [1.82, 2.24) is 0 Å². The van der Waals surface area contributed by atoms with Gasteiger partial charge in [-0.15, -0.1) is 0 Å². The first-order valence-electron chi connectivity index (χ1n) is 9.45. The van der Waals surface area contributed by atoms with Gasteiger partial charge < -0.3 is 19.6 Å². The van der Waals surface area contributed by atoms with Crippen molar-refractivity contribution < 1.29 is 29.0 Å². The van der Waals surface area contributed by atoms with Gasteiger partial charge in [0.25, 0.3) is 0 Å². The molecule has 2 rings (SSSR count). The number of allylic oxidation sites excluding steroid dienone is 2. The Hall–Kier alpha value is -1.62. The summed E-state index contributed by atoms with van der Waals surface area (Å²) in [4.78, 5) is 29.8. The summed E-state index contributed by atoms with van der Waals surface area (Å²) in [6, 6.07) is 0. The minimum atomic E-state index is -3.93. The van der Waals surface area contributed by atoms with E-state index in [1.54, 1.807) is 0 Å². The maximum absolute atomic E-state index is 12.0. The Balaban J connectivity index is 2.19. The summed E-state index contributed by atoms with van der Waals surface area (Å²) in [6.45, 7) is 6.26. The quantitative estimate of drug-likeness (QED) is 0.251. The molecular formula is C20H29O6P. The number of esters is 1. The minimum Gasteiger partial charge on any atom is -0.507 e. The Kier molecular flexibility index (Phi) is 7.26. The van der Waals surface area contributed by atoms with Gasteiger partial charge in [0.15, 0.2) is 0 Å². The van der Waals surface area contributed by atoms with E-state index in [9.17, 15) is 14.5 Å². The number of ether oxygens (including phenoxy) is 1. The van der Waals surface area contributed by atoms with Crippen LogP contribution in [0.2, 0.25) is 0 Å². The van der Waals surface area contributed by atoms with Gasteiger partial charge in [0.1, 0.15) is 17.9 Å². The number of hydrogen-bond donors (Lipinski definition) is 3. The number of unbranched alkanes of at least 4 members (excludes halogenated alkanes) is 1. The highest BCUT2D eigenvalue weighted by molar-refractivity contribution is 7.51. The first kappa shape index (κ1) is 21.7. The van der Waals surface area contributed by atoms with E-state index in [4.69, 9.17) is 14.5 Å². The molecule has 27 heavy (non-hydrogen) atoms. The van der Waals surface area contributed by atoms with Crippen LogP contribution in [-0.4, -0.2) is 27.0 Å². The molecule has 0 fully saturated rings. The average molecular weight is 396 g/mol. The summed E-state index contributed by atoms with van der Waals surface area (Å²) in [5.74, 6) is -0.435. The second kappa shape index (κ2) is 9.05. The second-order valence-corrected chi connectivity index (χ2v) is 8.76. The van der Waals surface area contributed by atoms with Crippen LogP contribution >= 0.6 is 7.60 Å².